The van der Waals surface area contributed by atoms with E-state index in [1.165, 1.54) is 0 Å². The van der Waals surface area contributed by atoms with Gasteiger partial charge in [-0.05, 0) is 24.6 Å². The van der Waals surface area contributed by atoms with Gasteiger partial charge in [0.25, 0.3) is 0 Å². The van der Waals surface area contributed by atoms with Gasteiger partial charge in [-0.25, -0.2) is 4.98 Å². The van der Waals surface area contributed by atoms with Gasteiger partial charge in [0.15, 0.2) is 0 Å². The SMILES string of the molecule is C1=Cc2oc3ncccc3c2C=CC1. The van der Waals surface area contributed by atoms with E-state index in [1.807, 2.05) is 18.2 Å². The second-order valence-electron chi connectivity index (χ2n) is 3.28. The predicted molar refractivity (Wildman–Crippen MR) is 56.7 cm³/mol. The monoisotopic (exact) mass is 183 g/mol. The lowest BCUT2D eigenvalue weighted by Crippen LogP contribution is -1.72. The summed E-state index contributed by atoms with van der Waals surface area (Å²) < 4.78 is 5.62. The number of allylic oxidation sites excluding steroid dienone is 2. The van der Waals surface area contributed by atoms with E-state index in [0.717, 1.165) is 23.1 Å². The molecule has 0 radical (unpaired) electrons. The molecule has 1 aliphatic carbocycles. The van der Waals surface area contributed by atoms with Crippen LogP contribution in [0.2, 0.25) is 0 Å². The Morgan fingerprint density at radius 1 is 1.21 bits per heavy atom. The zero-order valence-electron chi connectivity index (χ0n) is 7.60. The minimum Gasteiger partial charge on any atom is -0.438 e. The lowest BCUT2D eigenvalue weighted by molar-refractivity contribution is 0.591. The van der Waals surface area contributed by atoms with Gasteiger partial charge in [-0.1, -0.05) is 18.2 Å². The van der Waals surface area contributed by atoms with Gasteiger partial charge in [-0.2, -0.15) is 0 Å². The minimum absolute atomic E-state index is 0.716. The van der Waals surface area contributed by atoms with Crippen molar-refractivity contribution in [3.8, 4) is 0 Å². The average molecular weight is 183 g/mol. The van der Waals surface area contributed by atoms with Crippen molar-refractivity contribution in [3.05, 3.63) is 41.8 Å². The molecule has 2 heteroatoms. The highest BCUT2D eigenvalue weighted by Crippen LogP contribution is 2.28. The summed E-state index contributed by atoms with van der Waals surface area (Å²) in [5.41, 5.74) is 1.86. The Morgan fingerprint density at radius 3 is 3.14 bits per heavy atom. The maximum absolute atomic E-state index is 5.62. The van der Waals surface area contributed by atoms with Crippen molar-refractivity contribution in [2.24, 2.45) is 0 Å². The summed E-state index contributed by atoms with van der Waals surface area (Å²) in [7, 11) is 0. The van der Waals surface area contributed by atoms with E-state index in [9.17, 15) is 0 Å². The molecule has 2 aromatic rings. The fraction of sp³-hybridized carbons (Fsp3) is 0.0833. The first-order chi connectivity index (χ1) is 6.95. The number of furan rings is 1. The Morgan fingerprint density at radius 2 is 2.14 bits per heavy atom. The first-order valence-corrected chi connectivity index (χ1v) is 4.66. The van der Waals surface area contributed by atoms with Crippen molar-refractivity contribution in [1.82, 2.24) is 4.98 Å². The molecule has 68 valence electrons. The first-order valence-electron chi connectivity index (χ1n) is 4.66. The van der Waals surface area contributed by atoms with Gasteiger partial charge in [0.05, 0.1) is 0 Å². The Balaban J connectivity index is 2.41. The molecular weight excluding hydrogens is 174 g/mol. The fourth-order valence-electron chi connectivity index (χ4n) is 1.70. The fourth-order valence-corrected chi connectivity index (χ4v) is 1.70. The van der Waals surface area contributed by atoms with E-state index >= 15 is 0 Å². The number of fused-ring (bicyclic) bond motifs is 3. The second-order valence-corrected chi connectivity index (χ2v) is 3.28. The third-order valence-electron chi connectivity index (χ3n) is 2.36. The number of aromatic nitrogens is 1. The molecule has 0 spiro atoms. The van der Waals surface area contributed by atoms with Gasteiger partial charge in [0.1, 0.15) is 5.76 Å². The Kier molecular flexibility index (Phi) is 1.53. The molecule has 0 amide bonds. The van der Waals surface area contributed by atoms with Crippen LogP contribution in [0, 0.1) is 0 Å². The number of nitrogens with zero attached hydrogens (tertiary/aromatic N) is 1. The maximum Gasteiger partial charge on any atom is 0.227 e. The van der Waals surface area contributed by atoms with E-state index in [4.69, 9.17) is 4.42 Å². The molecule has 0 atom stereocenters. The molecule has 0 aromatic carbocycles. The second kappa shape index (κ2) is 2.84. The molecule has 0 saturated carbocycles. The number of pyridine rings is 1. The molecule has 0 fully saturated rings. The van der Waals surface area contributed by atoms with E-state index in [-0.39, 0.29) is 0 Å². The molecule has 2 aromatic heterocycles. The molecule has 0 unspecified atom stereocenters. The summed E-state index contributed by atoms with van der Waals surface area (Å²) in [5, 5.41) is 1.09. The van der Waals surface area contributed by atoms with E-state index in [2.05, 4.69) is 23.2 Å². The standard InChI is InChI=1S/C12H9NO/c1-2-5-9-10-6-4-8-13-12(10)14-11(9)7-3-1/h2-8H,1H2. The van der Waals surface area contributed by atoms with Crippen LogP contribution in [0.4, 0.5) is 0 Å². The molecule has 2 nitrogen and oxygen atoms in total. The third-order valence-corrected chi connectivity index (χ3v) is 2.36. The lowest BCUT2D eigenvalue weighted by Gasteiger charge is -1.87. The van der Waals surface area contributed by atoms with Crippen molar-refractivity contribution in [2.75, 3.05) is 0 Å². The maximum atomic E-state index is 5.62. The normalized spacial score (nSPS) is 14.3. The van der Waals surface area contributed by atoms with Crippen LogP contribution in [0.5, 0.6) is 0 Å². The third kappa shape index (κ3) is 1.01. The van der Waals surface area contributed by atoms with Crippen molar-refractivity contribution >= 4 is 23.3 Å². The van der Waals surface area contributed by atoms with Crippen LogP contribution in [-0.2, 0) is 0 Å². The summed E-state index contributed by atoms with van der Waals surface area (Å²) >= 11 is 0. The molecule has 0 aliphatic heterocycles. The molecular formula is C12H9NO. The quantitative estimate of drug-likeness (QED) is 0.626. The van der Waals surface area contributed by atoms with Crippen LogP contribution in [0.15, 0.2) is 34.9 Å². The Labute approximate surface area is 81.6 Å². The van der Waals surface area contributed by atoms with Crippen LogP contribution in [0.1, 0.15) is 17.7 Å². The number of rotatable bonds is 0. The predicted octanol–water partition coefficient (Wildman–Crippen LogP) is 3.26. The Bertz CT molecular complexity index is 534. The molecule has 1 aliphatic rings. The topological polar surface area (TPSA) is 26.0 Å². The Hall–Kier alpha value is -1.83. The first kappa shape index (κ1) is 7.56. The van der Waals surface area contributed by atoms with Crippen LogP contribution in [0.25, 0.3) is 23.3 Å². The molecule has 2 heterocycles. The van der Waals surface area contributed by atoms with Gasteiger partial charge in [0, 0.05) is 17.1 Å². The highest BCUT2D eigenvalue weighted by Gasteiger charge is 2.10. The molecule has 0 saturated heterocycles. The van der Waals surface area contributed by atoms with Gasteiger partial charge in [-0.3, -0.25) is 0 Å². The molecule has 14 heavy (non-hydrogen) atoms. The van der Waals surface area contributed by atoms with Crippen LogP contribution < -0.4 is 0 Å². The zero-order valence-corrected chi connectivity index (χ0v) is 7.60. The largest absolute Gasteiger partial charge is 0.438 e. The molecule has 0 N–H and O–H groups in total. The zero-order chi connectivity index (χ0) is 9.38. The van der Waals surface area contributed by atoms with E-state index in [1.54, 1.807) is 6.20 Å². The average Bonchev–Trinajstić information content (AvgIpc) is 2.42. The molecule has 0 bridgehead atoms. The van der Waals surface area contributed by atoms with E-state index < -0.39 is 0 Å². The smallest absolute Gasteiger partial charge is 0.227 e. The minimum atomic E-state index is 0.716. The summed E-state index contributed by atoms with van der Waals surface area (Å²) in [5.74, 6) is 0.910. The van der Waals surface area contributed by atoms with Gasteiger partial charge < -0.3 is 4.42 Å². The van der Waals surface area contributed by atoms with Crippen molar-refractivity contribution in [3.63, 3.8) is 0 Å². The van der Waals surface area contributed by atoms with Gasteiger partial charge in [-0.15, -0.1) is 0 Å². The summed E-state index contributed by atoms with van der Waals surface area (Å²) in [6, 6.07) is 3.97. The number of hydrogen-bond acceptors (Lipinski definition) is 2. The lowest BCUT2D eigenvalue weighted by atomic mass is 10.1. The van der Waals surface area contributed by atoms with Crippen LogP contribution in [0.3, 0.4) is 0 Å². The van der Waals surface area contributed by atoms with E-state index in [0.29, 0.717) is 5.71 Å². The van der Waals surface area contributed by atoms with Gasteiger partial charge in [0.2, 0.25) is 5.71 Å². The van der Waals surface area contributed by atoms with Crippen LogP contribution >= 0.6 is 0 Å². The van der Waals surface area contributed by atoms with Crippen LogP contribution in [-0.4, -0.2) is 4.98 Å². The highest BCUT2D eigenvalue weighted by molar-refractivity contribution is 5.89. The summed E-state index contributed by atoms with van der Waals surface area (Å²) in [4.78, 5) is 4.18. The van der Waals surface area contributed by atoms with Crippen molar-refractivity contribution < 1.29 is 4.42 Å². The van der Waals surface area contributed by atoms with Gasteiger partial charge >= 0.3 is 0 Å². The summed E-state index contributed by atoms with van der Waals surface area (Å²) in [6.07, 6.45) is 11.0. The number of hydrogen-bond donors (Lipinski definition) is 0. The summed E-state index contributed by atoms with van der Waals surface area (Å²) in [6.45, 7) is 0. The van der Waals surface area contributed by atoms with Crippen molar-refractivity contribution in [1.29, 1.82) is 0 Å². The highest BCUT2D eigenvalue weighted by atomic mass is 16.3. The van der Waals surface area contributed by atoms with Crippen molar-refractivity contribution in [2.45, 2.75) is 6.42 Å². The molecule has 3 rings (SSSR count).